The van der Waals surface area contributed by atoms with Gasteiger partial charge in [-0.05, 0) is 30.5 Å². The van der Waals surface area contributed by atoms with Gasteiger partial charge in [0.05, 0.1) is 22.6 Å². The molecule has 4 heteroatoms. The fraction of sp³-hybridized carbons (Fsp3) is 0.235. The first-order chi connectivity index (χ1) is 10.1. The average Bonchev–Trinajstić information content (AvgIpc) is 2.44. The first-order valence-corrected chi connectivity index (χ1v) is 7.61. The Labute approximate surface area is 133 Å². The average molecular weight is 321 g/mol. The van der Waals surface area contributed by atoms with Crippen molar-refractivity contribution in [2.75, 3.05) is 6.61 Å². The van der Waals surface area contributed by atoms with Crippen molar-refractivity contribution in [2.45, 2.75) is 19.3 Å². The van der Waals surface area contributed by atoms with Crippen LogP contribution in [0.2, 0.25) is 10.0 Å². The van der Waals surface area contributed by atoms with E-state index in [9.17, 15) is 4.79 Å². The minimum absolute atomic E-state index is 0.0173. The highest BCUT2D eigenvalue weighted by atomic mass is 35.5. The predicted octanol–water partition coefficient (Wildman–Crippen LogP) is 4.91. The van der Waals surface area contributed by atoms with Gasteiger partial charge in [-0.1, -0.05) is 47.5 Å². The zero-order valence-electron chi connectivity index (χ0n) is 11.5. The van der Waals surface area contributed by atoms with Crippen LogP contribution in [0.1, 0.15) is 34.3 Å². The van der Waals surface area contributed by atoms with Gasteiger partial charge in [-0.3, -0.25) is 4.79 Å². The Bertz CT molecular complexity index is 710. The Balaban J connectivity index is 1.91. The lowest BCUT2D eigenvalue weighted by Gasteiger charge is -2.29. The summed E-state index contributed by atoms with van der Waals surface area (Å²) >= 11 is 12.4. The van der Waals surface area contributed by atoms with E-state index in [2.05, 4.69) is 0 Å². The molecule has 0 amide bonds. The number of carbonyl (C=O) groups excluding carboxylic acids is 1. The van der Waals surface area contributed by atoms with E-state index < -0.39 is 0 Å². The second-order valence-electron chi connectivity index (χ2n) is 5.02. The third-order valence-electron chi connectivity index (χ3n) is 3.76. The number of fused-ring (bicyclic) bond motifs is 1. The van der Waals surface area contributed by atoms with Crippen molar-refractivity contribution in [3.05, 3.63) is 63.1 Å². The lowest BCUT2D eigenvalue weighted by molar-refractivity contribution is 0.0949. The third kappa shape index (κ3) is 2.54. The summed E-state index contributed by atoms with van der Waals surface area (Å²) in [5.74, 6) is 0.408. The Morgan fingerprint density at radius 1 is 1.24 bits per heavy atom. The smallest absolute Gasteiger partial charge is 0.172 e. The van der Waals surface area contributed by atoms with Crippen LogP contribution in [0.25, 0.3) is 0 Å². The lowest BCUT2D eigenvalue weighted by atomic mass is 9.74. The highest BCUT2D eigenvalue weighted by molar-refractivity contribution is 6.37. The van der Waals surface area contributed by atoms with Gasteiger partial charge in [0.1, 0.15) is 5.75 Å². The van der Waals surface area contributed by atoms with Gasteiger partial charge in [-0.15, -0.1) is 0 Å². The largest absolute Gasteiger partial charge is 0.492 e. The van der Waals surface area contributed by atoms with E-state index in [-0.39, 0.29) is 11.7 Å². The van der Waals surface area contributed by atoms with E-state index >= 15 is 0 Å². The van der Waals surface area contributed by atoms with E-state index in [1.165, 1.54) is 5.56 Å². The monoisotopic (exact) mass is 320 g/mol. The molecule has 1 unspecified atom stereocenters. The number of ketones is 1. The lowest BCUT2D eigenvalue weighted by Crippen LogP contribution is -2.25. The Morgan fingerprint density at radius 3 is 2.71 bits per heavy atom. The van der Waals surface area contributed by atoms with Crippen LogP contribution < -0.4 is 4.74 Å². The molecule has 2 aromatic rings. The first-order valence-electron chi connectivity index (χ1n) is 6.85. The molecule has 0 spiro atoms. The normalized spacial score (nSPS) is 16.0. The van der Waals surface area contributed by atoms with Crippen molar-refractivity contribution < 1.29 is 9.53 Å². The maximum atomic E-state index is 12.6. The van der Waals surface area contributed by atoms with Gasteiger partial charge in [0.2, 0.25) is 0 Å². The molecule has 0 aliphatic heterocycles. The number of halogens is 2. The molecule has 0 saturated carbocycles. The third-order valence-corrected chi connectivity index (χ3v) is 4.37. The van der Waals surface area contributed by atoms with Crippen molar-refractivity contribution >= 4 is 29.0 Å². The highest BCUT2D eigenvalue weighted by Gasteiger charge is 2.33. The summed E-state index contributed by atoms with van der Waals surface area (Å²) in [6, 6.07) is 11.2. The molecule has 0 radical (unpaired) electrons. The van der Waals surface area contributed by atoms with Crippen molar-refractivity contribution in [3.63, 3.8) is 0 Å². The number of rotatable bonds is 4. The van der Waals surface area contributed by atoms with Gasteiger partial charge in [0.25, 0.3) is 0 Å². The fourth-order valence-electron chi connectivity index (χ4n) is 2.66. The van der Waals surface area contributed by atoms with E-state index in [0.29, 0.717) is 28.0 Å². The Hall–Kier alpha value is -1.51. The topological polar surface area (TPSA) is 26.3 Å². The minimum Gasteiger partial charge on any atom is -0.492 e. The molecular weight excluding hydrogens is 307 g/mol. The number of Topliss-reactive ketones (excluding diaryl/α,β-unsaturated/α-hetero) is 1. The SMILES string of the molecule is CCOc1cc(Cl)c(C(=O)C2Cc3ccccc32)cc1Cl. The first kappa shape index (κ1) is 14.4. The summed E-state index contributed by atoms with van der Waals surface area (Å²) in [6.07, 6.45) is 0.760. The van der Waals surface area contributed by atoms with Crippen LogP contribution in [0.3, 0.4) is 0 Å². The minimum atomic E-state index is -0.118. The number of carbonyl (C=O) groups is 1. The van der Waals surface area contributed by atoms with Crippen molar-refractivity contribution in [1.29, 1.82) is 0 Å². The quantitative estimate of drug-likeness (QED) is 0.748. The Morgan fingerprint density at radius 2 is 2.00 bits per heavy atom. The molecule has 3 rings (SSSR count). The summed E-state index contributed by atoms with van der Waals surface area (Å²) in [5, 5.41) is 0.800. The molecule has 0 bridgehead atoms. The molecule has 0 fully saturated rings. The summed E-state index contributed by atoms with van der Waals surface area (Å²) in [5.41, 5.74) is 2.78. The predicted molar refractivity (Wildman–Crippen MR) is 84.8 cm³/mol. The molecule has 0 N–H and O–H groups in total. The second kappa shape index (κ2) is 5.70. The van der Waals surface area contributed by atoms with E-state index in [4.69, 9.17) is 27.9 Å². The van der Waals surface area contributed by atoms with Gasteiger partial charge in [-0.2, -0.15) is 0 Å². The number of ether oxygens (including phenoxy) is 1. The zero-order chi connectivity index (χ0) is 15.0. The summed E-state index contributed by atoms with van der Waals surface area (Å²) in [7, 11) is 0. The molecule has 1 atom stereocenters. The molecule has 0 heterocycles. The second-order valence-corrected chi connectivity index (χ2v) is 5.83. The van der Waals surface area contributed by atoms with E-state index in [1.54, 1.807) is 12.1 Å². The maximum absolute atomic E-state index is 12.6. The van der Waals surface area contributed by atoms with Gasteiger partial charge < -0.3 is 4.74 Å². The molecule has 0 aromatic heterocycles. The standard InChI is InChI=1S/C17H14Cl2O2/c1-2-21-16-9-14(18)13(8-15(16)19)17(20)12-7-10-5-3-4-6-11(10)12/h3-6,8-9,12H,2,7H2,1H3. The van der Waals surface area contributed by atoms with Crippen molar-refractivity contribution in [2.24, 2.45) is 0 Å². The van der Waals surface area contributed by atoms with Gasteiger partial charge >= 0.3 is 0 Å². The Kier molecular flexibility index (Phi) is 3.92. The summed E-state index contributed by atoms with van der Waals surface area (Å²) < 4.78 is 5.38. The highest BCUT2D eigenvalue weighted by Crippen LogP contribution is 2.40. The molecule has 2 nitrogen and oxygen atoms in total. The van der Waals surface area contributed by atoms with Crippen LogP contribution in [0.15, 0.2) is 36.4 Å². The maximum Gasteiger partial charge on any atom is 0.172 e. The van der Waals surface area contributed by atoms with Crippen LogP contribution in [-0.2, 0) is 6.42 Å². The van der Waals surface area contributed by atoms with Gasteiger partial charge in [-0.25, -0.2) is 0 Å². The van der Waals surface area contributed by atoms with Crippen LogP contribution in [-0.4, -0.2) is 12.4 Å². The van der Waals surface area contributed by atoms with Crippen LogP contribution in [0, 0.1) is 0 Å². The zero-order valence-corrected chi connectivity index (χ0v) is 13.0. The van der Waals surface area contributed by atoms with Crippen LogP contribution in [0.5, 0.6) is 5.75 Å². The summed E-state index contributed by atoms with van der Waals surface area (Å²) in [6.45, 7) is 2.37. The summed E-state index contributed by atoms with van der Waals surface area (Å²) in [4.78, 5) is 12.6. The number of benzene rings is 2. The molecule has 108 valence electrons. The molecule has 1 aliphatic carbocycles. The molecule has 2 aromatic carbocycles. The fourth-order valence-corrected chi connectivity index (χ4v) is 3.13. The molecular formula is C17H14Cl2O2. The molecule has 21 heavy (non-hydrogen) atoms. The van der Waals surface area contributed by atoms with Crippen LogP contribution in [0.4, 0.5) is 0 Å². The van der Waals surface area contributed by atoms with Crippen LogP contribution >= 0.6 is 23.2 Å². The molecule has 0 saturated heterocycles. The van der Waals surface area contributed by atoms with Gasteiger partial charge in [0, 0.05) is 11.6 Å². The van der Waals surface area contributed by atoms with Crippen molar-refractivity contribution in [3.8, 4) is 5.75 Å². The van der Waals surface area contributed by atoms with E-state index in [0.717, 1.165) is 12.0 Å². The number of hydrogen-bond acceptors (Lipinski definition) is 2. The van der Waals surface area contributed by atoms with Gasteiger partial charge in [0.15, 0.2) is 5.78 Å². The van der Waals surface area contributed by atoms with E-state index in [1.807, 2.05) is 31.2 Å². The number of hydrogen-bond donors (Lipinski definition) is 0. The molecule has 1 aliphatic rings. The van der Waals surface area contributed by atoms with Crippen molar-refractivity contribution in [1.82, 2.24) is 0 Å².